The second-order valence-electron chi connectivity index (χ2n) is 4.43. The predicted octanol–water partition coefficient (Wildman–Crippen LogP) is 1.24. The van der Waals surface area contributed by atoms with E-state index in [-0.39, 0.29) is 11.3 Å². The Morgan fingerprint density at radius 2 is 2.17 bits per heavy atom. The zero-order chi connectivity index (χ0) is 9.19. The summed E-state index contributed by atoms with van der Waals surface area (Å²) in [4.78, 5) is 13.3. The van der Waals surface area contributed by atoms with Crippen LogP contribution in [0.2, 0.25) is 0 Å². The fraction of sp³-hybridized carbons (Fsp3) is 0.889. The summed E-state index contributed by atoms with van der Waals surface area (Å²) in [6.45, 7) is 8.14. The molecule has 0 bridgehead atoms. The predicted molar refractivity (Wildman–Crippen MR) is 46.6 cm³/mol. The van der Waals surface area contributed by atoms with E-state index in [0.717, 1.165) is 6.54 Å². The zero-order valence-corrected chi connectivity index (χ0v) is 8.09. The molecule has 3 heteroatoms. The van der Waals surface area contributed by atoms with Crippen LogP contribution in [-0.2, 0) is 9.53 Å². The highest BCUT2D eigenvalue weighted by Gasteiger charge is 2.23. The highest BCUT2D eigenvalue weighted by Crippen LogP contribution is 2.20. The molecule has 3 nitrogen and oxygen atoms in total. The first-order valence-electron chi connectivity index (χ1n) is 4.34. The van der Waals surface area contributed by atoms with Gasteiger partial charge in [0, 0.05) is 13.0 Å². The maximum absolute atomic E-state index is 11.5. The van der Waals surface area contributed by atoms with Crippen LogP contribution in [0, 0.1) is 5.41 Å². The summed E-state index contributed by atoms with van der Waals surface area (Å²) in [6.07, 6.45) is 0.607. The quantitative estimate of drug-likeness (QED) is 0.594. The number of ether oxygens (including phenoxy) is 1. The molecule has 0 aliphatic carbocycles. The van der Waals surface area contributed by atoms with Gasteiger partial charge in [0.1, 0.15) is 6.73 Å². The van der Waals surface area contributed by atoms with E-state index in [1.165, 1.54) is 0 Å². The molecule has 0 N–H and O–H groups in total. The summed E-state index contributed by atoms with van der Waals surface area (Å²) in [5.41, 5.74) is 0.0830. The van der Waals surface area contributed by atoms with Crippen molar-refractivity contribution in [1.29, 1.82) is 0 Å². The van der Waals surface area contributed by atoms with Gasteiger partial charge in [-0.05, 0) is 5.41 Å². The molecule has 0 atom stereocenters. The van der Waals surface area contributed by atoms with Crippen LogP contribution < -0.4 is 0 Å². The van der Waals surface area contributed by atoms with Gasteiger partial charge in [-0.3, -0.25) is 4.79 Å². The molecule has 1 heterocycles. The van der Waals surface area contributed by atoms with Gasteiger partial charge in [-0.2, -0.15) is 0 Å². The molecule has 1 rings (SSSR count). The first-order chi connectivity index (χ1) is 5.49. The Hall–Kier alpha value is -0.570. The number of hydrogen-bond acceptors (Lipinski definition) is 2. The van der Waals surface area contributed by atoms with Gasteiger partial charge in [0.05, 0.1) is 6.61 Å². The fourth-order valence-electron chi connectivity index (χ4n) is 1.18. The van der Waals surface area contributed by atoms with Crippen LogP contribution in [0.4, 0.5) is 0 Å². The molecule has 1 fully saturated rings. The van der Waals surface area contributed by atoms with Gasteiger partial charge in [-0.1, -0.05) is 20.8 Å². The van der Waals surface area contributed by atoms with Crippen LogP contribution in [0.15, 0.2) is 0 Å². The molecular weight excluding hydrogens is 154 g/mol. The summed E-state index contributed by atoms with van der Waals surface area (Å²) >= 11 is 0. The Bertz CT molecular complexity index is 166. The van der Waals surface area contributed by atoms with Gasteiger partial charge in [0.15, 0.2) is 0 Å². The van der Waals surface area contributed by atoms with Crippen molar-refractivity contribution >= 4 is 5.91 Å². The monoisotopic (exact) mass is 171 g/mol. The van der Waals surface area contributed by atoms with Crippen LogP contribution in [0.1, 0.15) is 27.2 Å². The van der Waals surface area contributed by atoms with Crippen molar-refractivity contribution in [2.75, 3.05) is 19.9 Å². The summed E-state index contributed by atoms with van der Waals surface area (Å²) in [6, 6.07) is 0. The number of amides is 1. The van der Waals surface area contributed by atoms with Gasteiger partial charge >= 0.3 is 0 Å². The smallest absolute Gasteiger partial charge is 0.224 e. The summed E-state index contributed by atoms with van der Waals surface area (Å²) in [5.74, 6) is 0.208. The number of rotatable bonds is 1. The first kappa shape index (κ1) is 9.52. The highest BCUT2D eigenvalue weighted by atomic mass is 16.5. The maximum atomic E-state index is 11.5. The van der Waals surface area contributed by atoms with Gasteiger partial charge in [0.2, 0.25) is 5.91 Å². The first-order valence-corrected chi connectivity index (χ1v) is 4.34. The van der Waals surface area contributed by atoms with Gasteiger partial charge in [-0.25, -0.2) is 0 Å². The van der Waals surface area contributed by atoms with Crippen LogP contribution >= 0.6 is 0 Å². The van der Waals surface area contributed by atoms with Crippen LogP contribution in [0.5, 0.6) is 0 Å². The summed E-state index contributed by atoms with van der Waals surface area (Å²) in [5, 5.41) is 0. The van der Waals surface area contributed by atoms with E-state index in [1.54, 1.807) is 4.90 Å². The Kier molecular flexibility index (Phi) is 2.73. The maximum Gasteiger partial charge on any atom is 0.224 e. The largest absolute Gasteiger partial charge is 0.359 e. The fourth-order valence-corrected chi connectivity index (χ4v) is 1.18. The third kappa shape index (κ3) is 2.81. The van der Waals surface area contributed by atoms with Crippen molar-refractivity contribution in [3.8, 4) is 0 Å². The third-order valence-corrected chi connectivity index (χ3v) is 1.79. The van der Waals surface area contributed by atoms with Gasteiger partial charge in [0.25, 0.3) is 0 Å². The molecule has 1 aliphatic heterocycles. The highest BCUT2D eigenvalue weighted by molar-refractivity contribution is 5.76. The lowest BCUT2D eigenvalue weighted by atomic mass is 9.92. The minimum absolute atomic E-state index is 0.0830. The topological polar surface area (TPSA) is 29.5 Å². The molecule has 0 saturated carbocycles. The lowest BCUT2D eigenvalue weighted by Gasteiger charge is -2.21. The lowest BCUT2D eigenvalue weighted by molar-refractivity contribution is -0.133. The molecule has 0 radical (unpaired) electrons. The van der Waals surface area contributed by atoms with E-state index >= 15 is 0 Å². The number of carbonyl (C=O) groups excluding carboxylic acids is 1. The van der Waals surface area contributed by atoms with Crippen LogP contribution in [-0.4, -0.2) is 30.7 Å². The second kappa shape index (κ2) is 3.44. The van der Waals surface area contributed by atoms with E-state index in [2.05, 4.69) is 20.8 Å². The molecule has 0 aromatic heterocycles. The van der Waals surface area contributed by atoms with Crippen molar-refractivity contribution in [1.82, 2.24) is 4.90 Å². The molecule has 0 spiro atoms. The Labute approximate surface area is 73.7 Å². The molecular formula is C9H17NO2. The molecule has 0 aromatic carbocycles. The zero-order valence-electron chi connectivity index (χ0n) is 8.09. The standard InChI is InChI=1S/C9H17NO2/c1-9(2,3)6-8(11)10-4-5-12-7-10/h4-7H2,1-3H3. The van der Waals surface area contributed by atoms with Crippen LogP contribution in [0.25, 0.3) is 0 Å². The van der Waals surface area contributed by atoms with Crippen molar-refractivity contribution in [3.63, 3.8) is 0 Å². The third-order valence-electron chi connectivity index (χ3n) is 1.79. The Morgan fingerprint density at radius 1 is 1.50 bits per heavy atom. The lowest BCUT2D eigenvalue weighted by Crippen LogP contribution is -2.31. The van der Waals surface area contributed by atoms with Crippen molar-refractivity contribution in [2.45, 2.75) is 27.2 Å². The van der Waals surface area contributed by atoms with E-state index in [4.69, 9.17) is 4.74 Å². The molecule has 1 amide bonds. The second-order valence-corrected chi connectivity index (χ2v) is 4.43. The average molecular weight is 171 g/mol. The molecule has 0 unspecified atom stereocenters. The van der Waals surface area contributed by atoms with Crippen molar-refractivity contribution < 1.29 is 9.53 Å². The minimum atomic E-state index is 0.0830. The Balaban J connectivity index is 2.37. The number of hydrogen-bond donors (Lipinski definition) is 0. The molecule has 1 saturated heterocycles. The summed E-state index contributed by atoms with van der Waals surface area (Å²) < 4.78 is 5.10. The van der Waals surface area contributed by atoms with Gasteiger partial charge in [-0.15, -0.1) is 0 Å². The van der Waals surface area contributed by atoms with E-state index < -0.39 is 0 Å². The number of carbonyl (C=O) groups is 1. The molecule has 70 valence electrons. The molecule has 12 heavy (non-hydrogen) atoms. The van der Waals surface area contributed by atoms with E-state index in [9.17, 15) is 4.79 Å². The minimum Gasteiger partial charge on any atom is -0.359 e. The van der Waals surface area contributed by atoms with Gasteiger partial charge < -0.3 is 9.64 Å². The van der Waals surface area contributed by atoms with Crippen molar-refractivity contribution in [2.24, 2.45) is 5.41 Å². The Morgan fingerprint density at radius 3 is 2.58 bits per heavy atom. The number of nitrogens with zero attached hydrogens (tertiary/aromatic N) is 1. The summed E-state index contributed by atoms with van der Waals surface area (Å²) in [7, 11) is 0. The van der Waals surface area contributed by atoms with Crippen molar-refractivity contribution in [3.05, 3.63) is 0 Å². The average Bonchev–Trinajstić information content (AvgIpc) is 2.32. The van der Waals surface area contributed by atoms with E-state index in [0.29, 0.717) is 19.8 Å². The van der Waals surface area contributed by atoms with Crippen LogP contribution in [0.3, 0.4) is 0 Å². The normalized spacial score (nSPS) is 18.4. The molecule has 0 aromatic rings. The molecule has 1 aliphatic rings. The van der Waals surface area contributed by atoms with E-state index in [1.807, 2.05) is 0 Å². The SMILES string of the molecule is CC(C)(C)CC(=O)N1CCOC1.